The number of aromatic nitrogens is 2. The molecule has 0 aliphatic carbocycles. The fraction of sp³-hybridized carbons (Fsp3) is 0.158. The molecular weight excluding hydrogens is 362 g/mol. The molecule has 1 N–H and O–H groups in total. The Morgan fingerprint density at radius 1 is 1.07 bits per heavy atom. The number of benzene rings is 2. The first kappa shape index (κ1) is 18.6. The minimum absolute atomic E-state index is 0.0888. The monoisotopic (exact) mass is 377 g/mol. The number of hydrogen-bond donors (Lipinski definition) is 1. The zero-order chi connectivity index (χ0) is 19.8. The topological polar surface area (TPSA) is 46.9 Å². The standard InChI is InChI=1S/C19H15F4N3O/c1-11-9-17(13-3-6-15(20)7-4-13)25-26(11)18-10-14(19(21,22)23)5-8-16(18)24-12(2)27/h3-10H,1-2H3,(H,24,27). The summed E-state index contributed by atoms with van der Waals surface area (Å²) in [5.41, 5.74) is 1.08. The first-order valence-corrected chi connectivity index (χ1v) is 7.97. The number of carbonyl (C=O) groups is 1. The molecule has 4 nitrogen and oxygen atoms in total. The van der Waals surface area contributed by atoms with Crippen LogP contribution >= 0.6 is 0 Å². The molecule has 3 aromatic rings. The molecule has 140 valence electrons. The van der Waals surface area contributed by atoms with Gasteiger partial charge in [0.1, 0.15) is 5.82 Å². The van der Waals surface area contributed by atoms with Crippen molar-refractivity contribution in [1.29, 1.82) is 0 Å². The van der Waals surface area contributed by atoms with E-state index in [0.29, 0.717) is 17.0 Å². The number of anilines is 1. The summed E-state index contributed by atoms with van der Waals surface area (Å²) in [6.07, 6.45) is -4.54. The largest absolute Gasteiger partial charge is 0.416 e. The Hall–Kier alpha value is -3.16. The minimum Gasteiger partial charge on any atom is -0.324 e. The van der Waals surface area contributed by atoms with Crippen LogP contribution in [0.5, 0.6) is 0 Å². The second-order valence-electron chi connectivity index (χ2n) is 6.00. The molecular formula is C19H15F4N3O. The van der Waals surface area contributed by atoms with Crippen molar-refractivity contribution < 1.29 is 22.4 Å². The predicted molar refractivity (Wildman–Crippen MR) is 93.0 cm³/mol. The van der Waals surface area contributed by atoms with Crippen LogP contribution in [0.3, 0.4) is 0 Å². The molecule has 0 saturated carbocycles. The molecule has 0 saturated heterocycles. The van der Waals surface area contributed by atoms with E-state index in [1.54, 1.807) is 13.0 Å². The van der Waals surface area contributed by atoms with Crippen molar-refractivity contribution in [2.24, 2.45) is 0 Å². The zero-order valence-corrected chi connectivity index (χ0v) is 14.4. The Kier molecular flexibility index (Phi) is 4.73. The fourth-order valence-electron chi connectivity index (χ4n) is 2.66. The van der Waals surface area contributed by atoms with E-state index in [4.69, 9.17) is 0 Å². The van der Waals surface area contributed by atoms with E-state index in [2.05, 4.69) is 10.4 Å². The summed E-state index contributed by atoms with van der Waals surface area (Å²) in [6.45, 7) is 2.94. The number of aryl methyl sites for hydroxylation is 1. The molecule has 0 radical (unpaired) electrons. The molecule has 8 heteroatoms. The van der Waals surface area contributed by atoms with Gasteiger partial charge in [0.25, 0.3) is 0 Å². The van der Waals surface area contributed by atoms with Crippen LogP contribution in [0.2, 0.25) is 0 Å². The van der Waals surface area contributed by atoms with Gasteiger partial charge in [-0.15, -0.1) is 0 Å². The van der Waals surface area contributed by atoms with Crippen molar-refractivity contribution in [2.75, 3.05) is 5.32 Å². The first-order chi connectivity index (χ1) is 12.6. The quantitative estimate of drug-likeness (QED) is 0.656. The Morgan fingerprint density at radius 3 is 2.33 bits per heavy atom. The summed E-state index contributed by atoms with van der Waals surface area (Å²) in [5.74, 6) is -0.819. The number of amides is 1. The summed E-state index contributed by atoms with van der Waals surface area (Å²) < 4.78 is 53.8. The number of halogens is 4. The predicted octanol–water partition coefficient (Wildman–Crippen LogP) is 4.96. The van der Waals surface area contributed by atoms with Crippen molar-refractivity contribution in [2.45, 2.75) is 20.0 Å². The molecule has 0 unspecified atom stereocenters. The molecule has 1 heterocycles. The van der Waals surface area contributed by atoms with Crippen molar-refractivity contribution in [3.8, 4) is 16.9 Å². The maximum atomic E-state index is 13.1. The lowest BCUT2D eigenvalue weighted by Gasteiger charge is -2.15. The highest BCUT2D eigenvalue weighted by atomic mass is 19.4. The number of alkyl halides is 3. The molecule has 0 spiro atoms. The van der Waals surface area contributed by atoms with E-state index in [0.717, 1.165) is 12.1 Å². The van der Waals surface area contributed by atoms with Gasteiger partial charge < -0.3 is 5.32 Å². The highest BCUT2D eigenvalue weighted by Gasteiger charge is 2.31. The van der Waals surface area contributed by atoms with E-state index >= 15 is 0 Å². The third-order valence-corrected chi connectivity index (χ3v) is 3.89. The lowest BCUT2D eigenvalue weighted by atomic mass is 10.1. The van der Waals surface area contributed by atoms with Crippen LogP contribution in [0.4, 0.5) is 23.2 Å². The molecule has 0 aliphatic rings. The van der Waals surface area contributed by atoms with Gasteiger partial charge in [-0.05, 0) is 55.5 Å². The summed E-state index contributed by atoms with van der Waals surface area (Å²) in [5, 5.41) is 6.86. The first-order valence-electron chi connectivity index (χ1n) is 7.97. The Labute approximate surface area is 152 Å². The number of nitrogens with zero attached hydrogens (tertiary/aromatic N) is 2. The average molecular weight is 377 g/mol. The summed E-state index contributed by atoms with van der Waals surface area (Å²) >= 11 is 0. The van der Waals surface area contributed by atoms with Gasteiger partial charge in [-0.25, -0.2) is 9.07 Å². The van der Waals surface area contributed by atoms with Gasteiger partial charge in [0.05, 0.1) is 22.6 Å². The highest BCUT2D eigenvalue weighted by Crippen LogP contribution is 2.34. The van der Waals surface area contributed by atoms with Gasteiger partial charge >= 0.3 is 6.18 Å². The second kappa shape index (κ2) is 6.86. The van der Waals surface area contributed by atoms with Gasteiger partial charge in [-0.2, -0.15) is 18.3 Å². The Morgan fingerprint density at radius 2 is 1.74 bits per heavy atom. The smallest absolute Gasteiger partial charge is 0.324 e. The number of nitrogens with one attached hydrogen (secondary N) is 1. The molecule has 1 aromatic heterocycles. The van der Waals surface area contributed by atoms with Gasteiger partial charge in [-0.3, -0.25) is 4.79 Å². The maximum absolute atomic E-state index is 13.1. The highest BCUT2D eigenvalue weighted by molar-refractivity contribution is 5.91. The molecule has 0 bridgehead atoms. The van der Waals surface area contributed by atoms with Crippen LogP contribution in [0.15, 0.2) is 48.5 Å². The number of hydrogen-bond acceptors (Lipinski definition) is 2. The van der Waals surface area contributed by atoms with E-state index in [-0.39, 0.29) is 11.4 Å². The summed E-state index contributed by atoms with van der Waals surface area (Å²) in [7, 11) is 0. The van der Waals surface area contributed by atoms with Crippen LogP contribution in [-0.4, -0.2) is 15.7 Å². The molecule has 0 fully saturated rings. The van der Waals surface area contributed by atoms with E-state index in [1.165, 1.54) is 41.9 Å². The molecule has 0 aliphatic heterocycles. The van der Waals surface area contributed by atoms with Gasteiger partial charge in [-0.1, -0.05) is 0 Å². The SMILES string of the molecule is CC(=O)Nc1ccc(C(F)(F)F)cc1-n1nc(-c2ccc(F)cc2)cc1C. The summed E-state index contributed by atoms with van der Waals surface area (Å²) in [6, 6.07) is 10.3. The average Bonchev–Trinajstić information content (AvgIpc) is 2.96. The van der Waals surface area contributed by atoms with Crippen molar-refractivity contribution in [3.05, 3.63) is 65.6 Å². The van der Waals surface area contributed by atoms with Crippen LogP contribution in [-0.2, 0) is 11.0 Å². The van der Waals surface area contributed by atoms with Crippen molar-refractivity contribution in [1.82, 2.24) is 9.78 Å². The molecule has 0 atom stereocenters. The molecule has 2 aromatic carbocycles. The fourth-order valence-corrected chi connectivity index (χ4v) is 2.66. The molecule has 1 amide bonds. The summed E-state index contributed by atoms with van der Waals surface area (Å²) in [4.78, 5) is 11.4. The third-order valence-electron chi connectivity index (χ3n) is 3.89. The molecule has 3 rings (SSSR count). The van der Waals surface area contributed by atoms with Crippen molar-refractivity contribution >= 4 is 11.6 Å². The lowest BCUT2D eigenvalue weighted by molar-refractivity contribution is -0.137. The van der Waals surface area contributed by atoms with E-state index < -0.39 is 23.5 Å². The van der Waals surface area contributed by atoms with E-state index in [1.807, 2.05) is 0 Å². The number of rotatable bonds is 3. The molecule has 27 heavy (non-hydrogen) atoms. The van der Waals surface area contributed by atoms with Crippen LogP contribution in [0.25, 0.3) is 16.9 Å². The Bertz CT molecular complexity index is 991. The van der Waals surface area contributed by atoms with Crippen LogP contribution in [0, 0.1) is 12.7 Å². The van der Waals surface area contributed by atoms with Gasteiger partial charge in [0.2, 0.25) is 5.91 Å². The second-order valence-corrected chi connectivity index (χ2v) is 6.00. The van der Waals surface area contributed by atoms with Gasteiger partial charge in [0.15, 0.2) is 0 Å². The maximum Gasteiger partial charge on any atom is 0.416 e. The van der Waals surface area contributed by atoms with Gasteiger partial charge in [0, 0.05) is 18.2 Å². The number of carbonyl (C=O) groups excluding carboxylic acids is 1. The third kappa shape index (κ3) is 3.99. The minimum atomic E-state index is -4.54. The zero-order valence-electron chi connectivity index (χ0n) is 14.4. The van der Waals surface area contributed by atoms with E-state index in [9.17, 15) is 22.4 Å². The van der Waals surface area contributed by atoms with Crippen LogP contribution in [0.1, 0.15) is 18.2 Å². The normalized spacial score (nSPS) is 11.5. The Balaban J connectivity index is 2.14. The van der Waals surface area contributed by atoms with Crippen molar-refractivity contribution in [3.63, 3.8) is 0 Å². The lowest BCUT2D eigenvalue weighted by Crippen LogP contribution is -2.13. The van der Waals surface area contributed by atoms with Crippen LogP contribution < -0.4 is 5.32 Å².